The summed E-state index contributed by atoms with van der Waals surface area (Å²) in [4.78, 5) is 10.8. The predicted octanol–water partition coefficient (Wildman–Crippen LogP) is 4.01. The molecular formula is C12H22BrFO2. The molecule has 96 valence electrons. The summed E-state index contributed by atoms with van der Waals surface area (Å²) in [5.74, 6) is -0.127. The number of esters is 1. The van der Waals surface area contributed by atoms with Gasteiger partial charge in [-0.1, -0.05) is 48.0 Å². The maximum absolute atomic E-state index is 12.8. The van der Waals surface area contributed by atoms with E-state index in [1.807, 2.05) is 0 Å². The lowest BCUT2D eigenvalue weighted by molar-refractivity contribution is -0.140. The second-order valence-electron chi connectivity index (χ2n) is 3.99. The zero-order valence-corrected chi connectivity index (χ0v) is 11.6. The van der Waals surface area contributed by atoms with Gasteiger partial charge < -0.3 is 4.74 Å². The normalized spacial score (nSPS) is 12.4. The molecule has 0 heterocycles. The van der Waals surface area contributed by atoms with Crippen molar-refractivity contribution in [3.63, 3.8) is 0 Å². The Hall–Kier alpha value is -0.120. The molecule has 0 aromatic rings. The van der Waals surface area contributed by atoms with Gasteiger partial charge in [-0.3, -0.25) is 4.79 Å². The van der Waals surface area contributed by atoms with Gasteiger partial charge in [0.1, 0.15) is 6.17 Å². The monoisotopic (exact) mass is 296 g/mol. The van der Waals surface area contributed by atoms with Crippen molar-refractivity contribution in [3.8, 4) is 0 Å². The average molecular weight is 297 g/mol. The van der Waals surface area contributed by atoms with Crippen molar-refractivity contribution >= 4 is 21.9 Å². The third-order valence-corrected chi connectivity index (χ3v) is 3.25. The molecule has 0 aliphatic carbocycles. The molecule has 16 heavy (non-hydrogen) atoms. The van der Waals surface area contributed by atoms with Gasteiger partial charge in [0.15, 0.2) is 0 Å². The molecule has 0 aliphatic rings. The SMILES string of the molecule is COC(=O)CCCCCCCC[C@@H](F)CBr. The van der Waals surface area contributed by atoms with E-state index in [0.29, 0.717) is 18.2 Å². The third kappa shape index (κ3) is 10.4. The van der Waals surface area contributed by atoms with Crippen molar-refractivity contribution in [2.45, 2.75) is 57.5 Å². The van der Waals surface area contributed by atoms with Crippen LogP contribution < -0.4 is 0 Å². The molecule has 0 N–H and O–H groups in total. The van der Waals surface area contributed by atoms with Crippen LogP contribution in [0.25, 0.3) is 0 Å². The number of carbonyl (C=O) groups is 1. The number of carbonyl (C=O) groups excluding carboxylic acids is 1. The standard InChI is InChI=1S/C12H22BrFO2/c1-16-12(15)9-7-5-3-2-4-6-8-11(14)10-13/h11H,2-10H2,1H3/t11-/m1/s1. The highest BCUT2D eigenvalue weighted by Gasteiger charge is 2.03. The van der Waals surface area contributed by atoms with E-state index in [1.54, 1.807) is 0 Å². The molecule has 0 spiro atoms. The minimum absolute atomic E-state index is 0.127. The van der Waals surface area contributed by atoms with Gasteiger partial charge in [-0.25, -0.2) is 4.39 Å². The summed E-state index contributed by atoms with van der Waals surface area (Å²) < 4.78 is 17.3. The van der Waals surface area contributed by atoms with Gasteiger partial charge in [0, 0.05) is 11.8 Å². The van der Waals surface area contributed by atoms with Crippen molar-refractivity contribution in [2.75, 3.05) is 12.4 Å². The lowest BCUT2D eigenvalue weighted by atomic mass is 10.1. The Balaban J connectivity index is 3.07. The number of ether oxygens (including phenoxy) is 1. The van der Waals surface area contributed by atoms with Gasteiger partial charge in [0.25, 0.3) is 0 Å². The van der Waals surface area contributed by atoms with Gasteiger partial charge in [-0.05, 0) is 12.8 Å². The summed E-state index contributed by atoms with van der Waals surface area (Å²) in [5.41, 5.74) is 0. The van der Waals surface area contributed by atoms with Crippen LogP contribution in [0, 0.1) is 0 Å². The number of unbranched alkanes of at least 4 members (excludes halogenated alkanes) is 5. The summed E-state index contributed by atoms with van der Waals surface area (Å²) in [7, 11) is 1.42. The molecule has 0 amide bonds. The average Bonchev–Trinajstić information content (AvgIpc) is 2.31. The molecule has 4 heteroatoms. The minimum atomic E-state index is -0.695. The molecule has 2 nitrogen and oxygen atoms in total. The predicted molar refractivity (Wildman–Crippen MR) is 67.6 cm³/mol. The van der Waals surface area contributed by atoms with E-state index < -0.39 is 6.17 Å². The Bertz CT molecular complexity index is 176. The lowest BCUT2D eigenvalue weighted by Crippen LogP contribution is -2.00. The zero-order chi connectivity index (χ0) is 12.2. The molecule has 0 rings (SSSR count). The molecule has 0 aromatic carbocycles. The van der Waals surface area contributed by atoms with Gasteiger partial charge in [-0.15, -0.1) is 0 Å². The van der Waals surface area contributed by atoms with Gasteiger partial charge >= 0.3 is 5.97 Å². The summed E-state index contributed by atoms with van der Waals surface area (Å²) in [6.07, 6.45) is 6.76. The number of methoxy groups -OCH3 is 1. The summed E-state index contributed by atoms with van der Waals surface area (Å²) in [5, 5.41) is 0.451. The highest BCUT2D eigenvalue weighted by atomic mass is 79.9. The third-order valence-electron chi connectivity index (χ3n) is 2.54. The van der Waals surface area contributed by atoms with Crippen LogP contribution in [0.15, 0.2) is 0 Å². The lowest BCUT2D eigenvalue weighted by Gasteiger charge is -2.04. The first-order valence-electron chi connectivity index (χ1n) is 5.97. The first kappa shape index (κ1) is 15.9. The van der Waals surface area contributed by atoms with E-state index in [4.69, 9.17) is 0 Å². The first-order valence-corrected chi connectivity index (χ1v) is 7.09. The molecule has 0 aliphatic heterocycles. The van der Waals surface area contributed by atoms with Crippen LogP contribution in [0.1, 0.15) is 51.4 Å². The van der Waals surface area contributed by atoms with E-state index in [1.165, 1.54) is 7.11 Å². The Labute approximate surface area is 106 Å². The van der Waals surface area contributed by atoms with Crippen molar-refractivity contribution in [3.05, 3.63) is 0 Å². The smallest absolute Gasteiger partial charge is 0.305 e. The molecule has 0 saturated heterocycles. The molecular weight excluding hydrogens is 275 g/mol. The molecule has 0 aromatic heterocycles. The van der Waals surface area contributed by atoms with Crippen LogP contribution in [0.3, 0.4) is 0 Å². The maximum atomic E-state index is 12.8. The number of hydrogen-bond acceptors (Lipinski definition) is 2. The highest BCUT2D eigenvalue weighted by molar-refractivity contribution is 9.09. The molecule has 0 saturated carbocycles. The molecule has 0 radical (unpaired) electrons. The number of halogens is 2. The van der Waals surface area contributed by atoms with E-state index in [2.05, 4.69) is 20.7 Å². The van der Waals surface area contributed by atoms with E-state index in [-0.39, 0.29) is 5.97 Å². The Morgan fingerprint density at radius 1 is 1.19 bits per heavy atom. The van der Waals surface area contributed by atoms with Crippen molar-refractivity contribution in [1.82, 2.24) is 0 Å². The van der Waals surface area contributed by atoms with E-state index in [0.717, 1.165) is 38.5 Å². The van der Waals surface area contributed by atoms with Crippen molar-refractivity contribution < 1.29 is 13.9 Å². The molecule has 0 fully saturated rings. The van der Waals surface area contributed by atoms with Crippen molar-refractivity contribution in [1.29, 1.82) is 0 Å². The summed E-state index contributed by atoms with van der Waals surface area (Å²) in [6, 6.07) is 0. The Morgan fingerprint density at radius 2 is 1.75 bits per heavy atom. The van der Waals surface area contributed by atoms with Crippen LogP contribution >= 0.6 is 15.9 Å². The van der Waals surface area contributed by atoms with Crippen LogP contribution in [-0.4, -0.2) is 24.6 Å². The fraction of sp³-hybridized carbons (Fsp3) is 0.917. The number of alkyl halides is 2. The van der Waals surface area contributed by atoms with E-state index in [9.17, 15) is 9.18 Å². The molecule has 0 bridgehead atoms. The maximum Gasteiger partial charge on any atom is 0.305 e. The zero-order valence-electron chi connectivity index (χ0n) is 10.0. The Morgan fingerprint density at radius 3 is 2.31 bits per heavy atom. The van der Waals surface area contributed by atoms with Crippen LogP contribution in [0.5, 0.6) is 0 Å². The summed E-state index contributed by atoms with van der Waals surface area (Å²) >= 11 is 3.12. The minimum Gasteiger partial charge on any atom is -0.469 e. The quantitative estimate of drug-likeness (QED) is 0.346. The number of rotatable bonds is 10. The number of hydrogen-bond donors (Lipinski definition) is 0. The Kier molecular flexibility index (Phi) is 11.3. The van der Waals surface area contributed by atoms with Crippen LogP contribution in [0.2, 0.25) is 0 Å². The largest absolute Gasteiger partial charge is 0.469 e. The second-order valence-corrected chi connectivity index (χ2v) is 4.64. The summed E-state index contributed by atoms with van der Waals surface area (Å²) in [6.45, 7) is 0. The topological polar surface area (TPSA) is 26.3 Å². The first-order chi connectivity index (χ1) is 7.70. The second kappa shape index (κ2) is 11.4. The fourth-order valence-electron chi connectivity index (χ4n) is 1.52. The van der Waals surface area contributed by atoms with Crippen molar-refractivity contribution in [2.24, 2.45) is 0 Å². The fourth-order valence-corrected chi connectivity index (χ4v) is 1.85. The van der Waals surface area contributed by atoms with Crippen LogP contribution in [-0.2, 0) is 9.53 Å². The van der Waals surface area contributed by atoms with Gasteiger partial charge in [-0.2, -0.15) is 0 Å². The molecule has 0 unspecified atom stereocenters. The van der Waals surface area contributed by atoms with Crippen LogP contribution in [0.4, 0.5) is 4.39 Å². The van der Waals surface area contributed by atoms with Gasteiger partial charge in [0.05, 0.1) is 7.11 Å². The molecule has 1 atom stereocenters. The van der Waals surface area contributed by atoms with Gasteiger partial charge in [0.2, 0.25) is 0 Å². The van der Waals surface area contributed by atoms with E-state index >= 15 is 0 Å². The highest BCUT2D eigenvalue weighted by Crippen LogP contribution is 2.12.